The number of amides is 1. The van der Waals surface area contributed by atoms with Crippen molar-refractivity contribution in [2.75, 3.05) is 26.9 Å². The number of carboxylic acid groups (broad SMARTS) is 1. The maximum Gasteiger partial charge on any atom is 0.404 e. The molecular weight excluding hydrogens is 241 g/mol. The largest absolute Gasteiger partial charge is 0.465 e. The Kier molecular flexibility index (Phi) is 7.27. The Morgan fingerprint density at radius 2 is 1.88 bits per heavy atom. The number of carbonyl (C=O) groups is 1. The first-order chi connectivity index (χ1) is 7.43. The van der Waals surface area contributed by atoms with Crippen molar-refractivity contribution >= 4 is 13.7 Å². The summed E-state index contributed by atoms with van der Waals surface area (Å²) in [5.41, 5.74) is 0. The van der Waals surface area contributed by atoms with Gasteiger partial charge in [0.05, 0.1) is 20.4 Å². The number of rotatable bonds is 8. The fraction of sp³-hybridized carbons (Fsp3) is 0.857. The van der Waals surface area contributed by atoms with Gasteiger partial charge in [-0.2, -0.15) is 0 Å². The normalized spacial score (nSPS) is 13.4. The summed E-state index contributed by atoms with van der Waals surface area (Å²) in [6.45, 7) is 1.81. The highest BCUT2D eigenvalue weighted by molar-refractivity contribution is 7.53. The van der Waals surface area contributed by atoms with Crippen molar-refractivity contribution in [3.05, 3.63) is 0 Å². The van der Waals surface area contributed by atoms with E-state index in [1.54, 1.807) is 6.92 Å². The fourth-order valence-corrected chi connectivity index (χ4v) is 2.50. The molecule has 0 aromatic rings. The topological polar surface area (TPSA) is 103 Å². The molecule has 8 nitrogen and oxygen atoms in total. The first-order valence-electron chi connectivity index (χ1n) is 4.44. The molecular formula is C7H16NO7P. The van der Waals surface area contributed by atoms with Crippen LogP contribution in [0.1, 0.15) is 6.92 Å². The smallest absolute Gasteiger partial charge is 0.404 e. The minimum absolute atomic E-state index is 0.0328. The van der Waals surface area contributed by atoms with E-state index >= 15 is 0 Å². The summed E-state index contributed by atoms with van der Waals surface area (Å²) in [6, 6.07) is 0. The van der Waals surface area contributed by atoms with E-state index in [1.807, 2.05) is 0 Å². The van der Waals surface area contributed by atoms with E-state index in [1.165, 1.54) is 14.2 Å². The summed E-state index contributed by atoms with van der Waals surface area (Å²) in [5, 5.41) is 10.5. The zero-order valence-electron chi connectivity index (χ0n) is 9.34. The van der Waals surface area contributed by atoms with Crippen molar-refractivity contribution in [1.82, 2.24) is 5.32 Å². The van der Waals surface area contributed by atoms with Crippen LogP contribution < -0.4 is 5.32 Å². The molecule has 0 saturated heterocycles. The van der Waals surface area contributed by atoms with E-state index in [0.29, 0.717) is 0 Å². The second-order valence-electron chi connectivity index (χ2n) is 3.07. The predicted octanol–water partition coefficient (Wildman–Crippen LogP) is 1.24. The third kappa shape index (κ3) is 6.76. The molecule has 0 aromatic carbocycles. The lowest BCUT2D eigenvalue weighted by Gasteiger charge is -2.17. The Labute approximate surface area is 93.2 Å². The number of nitrogens with one attached hydrogen (secondary N) is 1. The molecule has 0 bridgehead atoms. The molecule has 0 saturated carbocycles. The lowest BCUT2D eigenvalue weighted by molar-refractivity contribution is -0.242. The summed E-state index contributed by atoms with van der Waals surface area (Å²) in [6.07, 6.45) is -1.18. The van der Waals surface area contributed by atoms with Crippen molar-refractivity contribution in [2.24, 2.45) is 5.92 Å². The second kappa shape index (κ2) is 7.59. The van der Waals surface area contributed by atoms with Gasteiger partial charge in [-0.3, -0.25) is 4.57 Å². The van der Waals surface area contributed by atoms with Crippen LogP contribution in [0.25, 0.3) is 0 Å². The Morgan fingerprint density at radius 3 is 2.25 bits per heavy atom. The highest BCUT2D eigenvalue weighted by Crippen LogP contribution is 2.49. The average molecular weight is 257 g/mol. The molecule has 2 N–H and O–H groups in total. The van der Waals surface area contributed by atoms with Crippen LogP contribution >= 0.6 is 7.60 Å². The third-order valence-electron chi connectivity index (χ3n) is 1.51. The van der Waals surface area contributed by atoms with Gasteiger partial charge in [-0.25, -0.2) is 14.6 Å². The van der Waals surface area contributed by atoms with Gasteiger partial charge in [0.15, 0.2) is 0 Å². The molecule has 1 atom stereocenters. The molecule has 0 aliphatic carbocycles. The van der Waals surface area contributed by atoms with Gasteiger partial charge in [0.1, 0.15) is 0 Å². The van der Waals surface area contributed by atoms with Crippen LogP contribution in [0.15, 0.2) is 0 Å². The molecule has 0 spiro atoms. The maximum atomic E-state index is 11.8. The number of hydrogen-bond donors (Lipinski definition) is 2. The van der Waals surface area contributed by atoms with Crippen molar-refractivity contribution in [1.29, 1.82) is 0 Å². The number of hydrogen-bond acceptors (Lipinski definition) is 6. The van der Waals surface area contributed by atoms with Crippen LogP contribution in [-0.4, -0.2) is 38.1 Å². The monoisotopic (exact) mass is 257 g/mol. The van der Waals surface area contributed by atoms with E-state index in [4.69, 9.17) is 5.11 Å². The van der Waals surface area contributed by atoms with Gasteiger partial charge in [-0.05, 0) is 5.92 Å². The molecule has 9 heteroatoms. The molecule has 0 rings (SSSR count). The predicted molar refractivity (Wildman–Crippen MR) is 53.9 cm³/mol. The van der Waals surface area contributed by atoms with Crippen LogP contribution in [0.2, 0.25) is 0 Å². The van der Waals surface area contributed by atoms with Gasteiger partial charge >= 0.3 is 13.7 Å². The molecule has 96 valence electrons. The fourth-order valence-electron chi connectivity index (χ4n) is 1.01. The average Bonchev–Trinajstić information content (AvgIpc) is 2.15. The van der Waals surface area contributed by atoms with E-state index in [0.717, 1.165) is 0 Å². The molecule has 0 fully saturated rings. The van der Waals surface area contributed by atoms with Crippen LogP contribution in [0.4, 0.5) is 4.79 Å². The van der Waals surface area contributed by atoms with Crippen molar-refractivity contribution in [3.63, 3.8) is 0 Å². The van der Waals surface area contributed by atoms with Gasteiger partial charge in [-0.1, -0.05) is 6.92 Å². The van der Waals surface area contributed by atoms with Crippen molar-refractivity contribution in [3.8, 4) is 0 Å². The van der Waals surface area contributed by atoms with Crippen LogP contribution in [0.3, 0.4) is 0 Å². The lowest BCUT2D eigenvalue weighted by atomic mass is 10.2. The summed E-state index contributed by atoms with van der Waals surface area (Å²) < 4.78 is 20.8. The molecule has 1 unspecified atom stereocenters. The Balaban J connectivity index is 4.17. The van der Waals surface area contributed by atoms with Crippen LogP contribution in [0, 0.1) is 5.92 Å². The van der Waals surface area contributed by atoms with E-state index < -0.39 is 13.7 Å². The Bertz CT molecular complexity index is 249. The zero-order valence-corrected chi connectivity index (χ0v) is 10.2. The van der Waals surface area contributed by atoms with Gasteiger partial charge < -0.3 is 10.4 Å². The molecule has 0 heterocycles. The molecule has 0 aliphatic heterocycles. The summed E-state index contributed by atoms with van der Waals surface area (Å²) >= 11 is 0. The Hall–Kier alpha value is -0.660. The summed E-state index contributed by atoms with van der Waals surface area (Å²) in [5.74, 6) is -0.257. The minimum atomic E-state index is -3.51. The highest BCUT2D eigenvalue weighted by Gasteiger charge is 2.30. The lowest BCUT2D eigenvalue weighted by Crippen LogP contribution is -2.28. The summed E-state index contributed by atoms with van der Waals surface area (Å²) in [4.78, 5) is 18.8. The van der Waals surface area contributed by atoms with Crippen LogP contribution in [0.5, 0.6) is 0 Å². The van der Waals surface area contributed by atoms with Gasteiger partial charge in [0, 0.05) is 6.54 Å². The third-order valence-corrected chi connectivity index (χ3v) is 3.34. The quantitative estimate of drug-likeness (QED) is 0.383. The standard InChI is InChI=1S/C7H16NO7P/c1-6(4-8-7(9)10)5-16(11,14-12-2)15-13-3/h6,8H,4-5H2,1-3H3,(H,9,10). The minimum Gasteiger partial charge on any atom is -0.465 e. The first kappa shape index (κ1) is 15.3. The van der Waals surface area contributed by atoms with Gasteiger partial charge in [-0.15, -0.1) is 9.35 Å². The molecule has 1 amide bonds. The highest BCUT2D eigenvalue weighted by atomic mass is 31.2. The van der Waals surface area contributed by atoms with Crippen LogP contribution in [-0.2, 0) is 23.7 Å². The second-order valence-corrected chi connectivity index (χ2v) is 4.95. The van der Waals surface area contributed by atoms with E-state index in [-0.39, 0.29) is 18.6 Å². The van der Waals surface area contributed by atoms with Crippen molar-refractivity contribution in [2.45, 2.75) is 6.92 Å². The molecule has 0 aliphatic rings. The Morgan fingerprint density at radius 1 is 1.38 bits per heavy atom. The van der Waals surface area contributed by atoms with Gasteiger partial charge in [0.2, 0.25) is 0 Å². The van der Waals surface area contributed by atoms with Gasteiger partial charge in [0.25, 0.3) is 0 Å². The molecule has 16 heavy (non-hydrogen) atoms. The first-order valence-corrected chi connectivity index (χ1v) is 6.17. The van der Waals surface area contributed by atoms with E-state index in [2.05, 4.69) is 24.4 Å². The van der Waals surface area contributed by atoms with E-state index in [9.17, 15) is 9.36 Å². The molecule has 0 radical (unpaired) electrons. The molecule has 0 aromatic heterocycles. The zero-order chi connectivity index (χ0) is 12.6. The summed E-state index contributed by atoms with van der Waals surface area (Å²) in [7, 11) is -1.14. The SMILES string of the molecule is COOP(=O)(CC(C)CNC(=O)O)OOC. The maximum absolute atomic E-state index is 11.8. The van der Waals surface area contributed by atoms with Crippen molar-refractivity contribution < 1.29 is 33.6 Å².